The lowest BCUT2D eigenvalue weighted by atomic mass is 9.95. The van der Waals surface area contributed by atoms with Gasteiger partial charge in [-0.15, -0.1) is 0 Å². The van der Waals surface area contributed by atoms with E-state index in [-0.39, 0.29) is 11.5 Å². The molecule has 1 fully saturated rings. The van der Waals surface area contributed by atoms with Crippen molar-refractivity contribution in [1.29, 1.82) is 0 Å². The summed E-state index contributed by atoms with van der Waals surface area (Å²) >= 11 is 0. The number of carbonyl (C=O) groups excluding carboxylic acids is 1. The van der Waals surface area contributed by atoms with Gasteiger partial charge < -0.3 is 14.9 Å². The third-order valence-electron chi connectivity index (χ3n) is 4.59. The molecule has 1 aromatic heterocycles. The van der Waals surface area contributed by atoms with E-state index in [1.165, 1.54) is 12.1 Å². The molecule has 1 aliphatic rings. The minimum atomic E-state index is -1.06. The second-order valence-corrected chi connectivity index (χ2v) is 6.50. The SMILES string of the molecule is CCc1nc(C2(NC(=O)c3cc(C)cc(C(=O)O)c3)CCCC2)no1. The maximum atomic E-state index is 12.8. The number of aryl methyl sites for hydroxylation is 2. The summed E-state index contributed by atoms with van der Waals surface area (Å²) in [7, 11) is 0. The first-order valence-corrected chi connectivity index (χ1v) is 8.44. The van der Waals surface area contributed by atoms with Gasteiger partial charge in [-0.25, -0.2) is 4.79 Å². The minimum Gasteiger partial charge on any atom is -0.478 e. The van der Waals surface area contributed by atoms with E-state index in [9.17, 15) is 14.7 Å². The predicted molar refractivity (Wildman–Crippen MR) is 89.4 cm³/mol. The Kier molecular flexibility index (Phi) is 4.57. The second-order valence-electron chi connectivity index (χ2n) is 6.50. The van der Waals surface area contributed by atoms with Crippen LogP contribution in [0.25, 0.3) is 0 Å². The number of hydrogen-bond donors (Lipinski definition) is 2. The van der Waals surface area contributed by atoms with Crippen LogP contribution < -0.4 is 5.32 Å². The van der Waals surface area contributed by atoms with Crippen molar-refractivity contribution in [2.24, 2.45) is 0 Å². The highest BCUT2D eigenvalue weighted by Gasteiger charge is 2.41. The number of rotatable bonds is 5. The van der Waals surface area contributed by atoms with E-state index in [0.717, 1.165) is 31.2 Å². The zero-order valence-corrected chi connectivity index (χ0v) is 14.3. The normalized spacial score (nSPS) is 15.9. The fraction of sp³-hybridized carbons (Fsp3) is 0.444. The van der Waals surface area contributed by atoms with Crippen LogP contribution in [0.1, 0.15) is 70.6 Å². The molecule has 0 bridgehead atoms. The average Bonchev–Trinajstić information content (AvgIpc) is 3.23. The highest BCUT2D eigenvalue weighted by Crippen LogP contribution is 2.37. The molecule has 1 aliphatic carbocycles. The number of carboxylic acid groups (broad SMARTS) is 1. The molecule has 3 rings (SSSR count). The van der Waals surface area contributed by atoms with Gasteiger partial charge >= 0.3 is 5.97 Å². The van der Waals surface area contributed by atoms with Crippen LogP contribution in [-0.4, -0.2) is 27.1 Å². The molecule has 0 atom stereocenters. The van der Waals surface area contributed by atoms with E-state index >= 15 is 0 Å². The standard InChI is InChI=1S/C18H21N3O4/c1-3-14-19-17(21-25-14)18(6-4-5-7-18)20-15(22)12-8-11(2)9-13(10-12)16(23)24/h8-10H,3-7H2,1-2H3,(H,20,22)(H,23,24). The molecule has 2 N–H and O–H groups in total. The van der Waals surface area contributed by atoms with Gasteiger partial charge in [-0.2, -0.15) is 4.98 Å². The van der Waals surface area contributed by atoms with Gasteiger partial charge in [0.1, 0.15) is 5.54 Å². The van der Waals surface area contributed by atoms with Gasteiger partial charge in [0.05, 0.1) is 5.56 Å². The Labute approximate surface area is 145 Å². The molecule has 7 nitrogen and oxygen atoms in total. The second kappa shape index (κ2) is 6.66. The molecule has 0 aliphatic heterocycles. The highest BCUT2D eigenvalue weighted by atomic mass is 16.5. The Balaban J connectivity index is 1.90. The molecule has 0 unspecified atom stereocenters. The number of carbonyl (C=O) groups is 2. The van der Waals surface area contributed by atoms with Gasteiger partial charge in [-0.1, -0.05) is 24.9 Å². The van der Waals surface area contributed by atoms with Crippen LogP contribution in [0.2, 0.25) is 0 Å². The first-order chi connectivity index (χ1) is 11.9. The summed E-state index contributed by atoms with van der Waals surface area (Å²) in [5.74, 6) is -0.337. The monoisotopic (exact) mass is 343 g/mol. The maximum Gasteiger partial charge on any atom is 0.335 e. The molecule has 7 heteroatoms. The van der Waals surface area contributed by atoms with Crippen LogP contribution in [-0.2, 0) is 12.0 Å². The fourth-order valence-corrected chi connectivity index (χ4v) is 3.30. The Bertz CT molecular complexity index is 806. The lowest BCUT2D eigenvalue weighted by Crippen LogP contribution is -2.44. The minimum absolute atomic E-state index is 0.0958. The Morgan fingerprint density at radius 2 is 1.92 bits per heavy atom. The van der Waals surface area contributed by atoms with Crippen molar-refractivity contribution >= 4 is 11.9 Å². The number of nitrogens with one attached hydrogen (secondary N) is 1. The summed E-state index contributed by atoms with van der Waals surface area (Å²) in [6.07, 6.45) is 4.03. The van der Waals surface area contributed by atoms with Gasteiger partial charge in [0, 0.05) is 12.0 Å². The zero-order valence-electron chi connectivity index (χ0n) is 14.3. The van der Waals surface area contributed by atoms with E-state index < -0.39 is 11.5 Å². The number of hydrogen-bond acceptors (Lipinski definition) is 5. The molecule has 132 valence electrons. The summed E-state index contributed by atoms with van der Waals surface area (Å²) < 4.78 is 5.22. The molecule has 0 radical (unpaired) electrons. The number of aromatic carboxylic acids is 1. The number of carboxylic acids is 1. The smallest absolute Gasteiger partial charge is 0.335 e. The molecule has 0 spiro atoms. The molecule has 2 aromatic rings. The summed E-state index contributed by atoms with van der Waals surface area (Å²) in [6, 6.07) is 4.61. The van der Waals surface area contributed by atoms with E-state index in [1.54, 1.807) is 13.0 Å². The largest absolute Gasteiger partial charge is 0.478 e. The van der Waals surface area contributed by atoms with Crippen molar-refractivity contribution in [2.45, 2.75) is 51.5 Å². The van der Waals surface area contributed by atoms with Crippen LogP contribution in [0.3, 0.4) is 0 Å². The van der Waals surface area contributed by atoms with Crippen molar-refractivity contribution < 1.29 is 19.2 Å². The van der Waals surface area contributed by atoms with E-state index in [1.807, 2.05) is 6.92 Å². The molecular weight excluding hydrogens is 322 g/mol. The number of aromatic nitrogens is 2. The van der Waals surface area contributed by atoms with Gasteiger partial charge in [0.2, 0.25) is 5.89 Å². The van der Waals surface area contributed by atoms with Crippen molar-refractivity contribution in [3.8, 4) is 0 Å². The zero-order chi connectivity index (χ0) is 18.0. The third kappa shape index (κ3) is 3.40. The van der Waals surface area contributed by atoms with E-state index in [4.69, 9.17) is 4.52 Å². The molecule has 25 heavy (non-hydrogen) atoms. The number of benzene rings is 1. The van der Waals surface area contributed by atoms with Crippen molar-refractivity contribution in [3.05, 3.63) is 46.6 Å². The molecular formula is C18H21N3O4. The summed E-state index contributed by atoms with van der Waals surface area (Å²) in [6.45, 7) is 3.69. The summed E-state index contributed by atoms with van der Waals surface area (Å²) in [4.78, 5) is 28.4. The fourth-order valence-electron chi connectivity index (χ4n) is 3.30. The highest BCUT2D eigenvalue weighted by molar-refractivity contribution is 5.98. The Morgan fingerprint density at radius 1 is 1.24 bits per heavy atom. The first kappa shape index (κ1) is 17.1. The van der Waals surface area contributed by atoms with Gasteiger partial charge in [-0.3, -0.25) is 4.79 Å². The first-order valence-electron chi connectivity index (χ1n) is 8.44. The topological polar surface area (TPSA) is 105 Å². The van der Waals surface area contributed by atoms with Crippen molar-refractivity contribution in [2.75, 3.05) is 0 Å². The van der Waals surface area contributed by atoms with Gasteiger partial charge in [0.25, 0.3) is 5.91 Å². The third-order valence-corrected chi connectivity index (χ3v) is 4.59. The predicted octanol–water partition coefficient (Wildman–Crippen LogP) is 2.84. The van der Waals surface area contributed by atoms with Crippen LogP contribution in [0, 0.1) is 6.92 Å². The lowest BCUT2D eigenvalue weighted by molar-refractivity contribution is 0.0696. The average molecular weight is 343 g/mol. The van der Waals surface area contributed by atoms with Gasteiger partial charge in [-0.05, 0) is 43.5 Å². The van der Waals surface area contributed by atoms with Gasteiger partial charge in [0.15, 0.2) is 5.82 Å². The summed E-state index contributed by atoms with van der Waals surface area (Å²) in [5.41, 5.74) is 0.487. The lowest BCUT2D eigenvalue weighted by Gasteiger charge is -2.27. The van der Waals surface area contributed by atoms with Crippen molar-refractivity contribution in [3.63, 3.8) is 0 Å². The molecule has 1 aromatic carbocycles. The van der Waals surface area contributed by atoms with Crippen LogP contribution in [0.4, 0.5) is 0 Å². The number of amides is 1. The summed E-state index contributed by atoms with van der Waals surface area (Å²) in [5, 5.41) is 16.3. The maximum absolute atomic E-state index is 12.8. The van der Waals surface area contributed by atoms with Crippen LogP contribution in [0.15, 0.2) is 22.7 Å². The Hall–Kier alpha value is -2.70. The molecule has 0 saturated heterocycles. The Morgan fingerprint density at radius 3 is 2.52 bits per heavy atom. The molecule has 1 heterocycles. The number of nitrogens with zero attached hydrogens (tertiary/aromatic N) is 2. The van der Waals surface area contributed by atoms with Crippen LogP contribution in [0.5, 0.6) is 0 Å². The van der Waals surface area contributed by atoms with Crippen LogP contribution >= 0.6 is 0 Å². The van der Waals surface area contributed by atoms with Crippen molar-refractivity contribution in [1.82, 2.24) is 15.5 Å². The van der Waals surface area contributed by atoms with E-state index in [2.05, 4.69) is 15.5 Å². The van der Waals surface area contributed by atoms with E-state index in [0.29, 0.717) is 23.7 Å². The molecule has 1 amide bonds. The quantitative estimate of drug-likeness (QED) is 0.865. The molecule has 1 saturated carbocycles.